The van der Waals surface area contributed by atoms with Gasteiger partial charge in [0.25, 0.3) is 0 Å². The number of amides is 1. The minimum atomic E-state index is -0.794. The quantitative estimate of drug-likeness (QED) is 0.615. The average molecular weight is 360 g/mol. The normalized spacial score (nSPS) is 16.6. The van der Waals surface area contributed by atoms with Crippen LogP contribution < -0.4 is 0 Å². The number of hydrogen-bond acceptors (Lipinski definition) is 5. The summed E-state index contributed by atoms with van der Waals surface area (Å²) in [6.45, 7) is 2.46. The molecule has 0 spiro atoms. The van der Waals surface area contributed by atoms with E-state index in [0.29, 0.717) is 12.5 Å². The molecule has 1 saturated carbocycles. The van der Waals surface area contributed by atoms with E-state index in [4.69, 9.17) is 0 Å². The maximum Gasteiger partial charge on any atom is 0.396 e. The molecule has 0 aliphatic heterocycles. The average Bonchev–Trinajstić information content (AvgIpc) is 3.13. The van der Waals surface area contributed by atoms with E-state index in [0.717, 1.165) is 28.6 Å². The molecule has 1 aromatic heterocycles. The van der Waals surface area contributed by atoms with Crippen molar-refractivity contribution in [3.63, 3.8) is 0 Å². The van der Waals surface area contributed by atoms with Crippen LogP contribution in [-0.2, 0) is 20.9 Å². The smallest absolute Gasteiger partial charge is 0.396 e. The number of methoxy groups -OCH3 is 1. The van der Waals surface area contributed by atoms with Crippen molar-refractivity contribution in [1.82, 2.24) is 9.88 Å². The molecule has 0 saturated heterocycles. The van der Waals surface area contributed by atoms with Gasteiger partial charge in [-0.1, -0.05) is 25.3 Å². The number of esters is 1. The molecule has 1 aliphatic carbocycles. The molecule has 1 aromatic carbocycles. The summed E-state index contributed by atoms with van der Waals surface area (Å²) >= 11 is 1.59. The maximum absolute atomic E-state index is 12.6. The Morgan fingerprint density at radius 1 is 1.32 bits per heavy atom. The molecule has 0 bridgehead atoms. The number of fused-ring (bicyclic) bond motifs is 1. The first-order valence-corrected chi connectivity index (χ1v) is 9.69. The Kier molecular flexibility index (Phi) is 5.68. The fourth-order valence-electron chi connectivity index (χ4n) is 3.67. The van der Waals surface area contributed by atoms with Crippen LogP contribution in [0, 0.1) is 5.92 Å². The molecular formula is C19H24N2O3S. The van der Waals surface area contributed by atoms with Crippen LogP contribution in [-0.4, -0.2) is 34.9 Å². The Hall–Kier alpha value is -1.95. The van der Waals surface area contributed by atoms with Gasteiger partial charge in [-0.2, -0.15) is 0 Å². The number of aromatic nitrogens is 1. The van der Waals surface area contributed by atoms with E-state index >= 15 is 0 Å². The van der Waals surface area contributed by atoms with E-state index in [9.17, 15) is 9.59 Å². The molecule has 1 heterocycles. The summed E-state index contributed by atoms with van der Waals surface area (Å²) in [4.78, 5) is 30.5. The Bertz CT molecular complexity index is 752. The number of hydrogen-bond donors (Lipinski definition) is 0. The summed E-state index contributed by atoms with van der Waals surface area (Å²) < 4.78 is 5.81. The van der Waals surface area contributed by atoms with Crippen molar-refractivity contribution in [1.29, 1.82) is 0 Å². The first-order valence-electron chi connectivity index (χ1n) is 8.81. The van der Waals surface area contributed by atoms with Crippen molar-refractivity contribution in [2.24, 2.45) is 5.92 Å². The largest absolute Gasteiger partial charge is 0.462 e. The third-order valence-corrected chi connectivity index (χ3v) is 6.00. The highest BCUT2D eigenvalue weighted by Crippen LogP contribution is 2.30. The Morgan fingerprint density at radius 3 is 2.80 bits per heavy atom. The molecule has 1 amide bonds. The van der Waals surface area contributed by atoms with Crippen LogP contribution >= 0.6 is 11.3 Å². The van der Waals surface area contributed by atoms with E-state index in [1.165, 1.54) is 26.4 Å². The minimum Gasteiger partial charge on any atom is -0.462 e. The van der Waals surface area contributed by atoms with Gasteiger partial charge in [-0.3, -0.25) is 4.79 Å². The Labute approximate surface area is 152 Å². The summed E-state index contributed by atoms with van der Waals surface area (Å²) in [5, 5.41) is 0. The fraction of sp³-hybridized carbons (Fsp3) is 0.526. The number of ether oxygens (including phenoxy) is 1. The molecular weight excluding hydrogens is 336 g/mol. The Morgan fingerprint density at radius 2 is 2.08 bits per heavy atom. The first kappa shape index (κ1) is 17.9. The van der Waals surface area contributed by atoms with Crippen LogP contribution in [0.3, 0.4) is 0 Å². The van der Waals surface area contributed by atoms with E-state index in [1.54, 1.807) is 16.2 Å². The standard InChI is InChI=1S/C19H24N2O3S/c1-13(15-6-4-3-5-7-15)21(18(22)19(23)24-2)11-14-8-9-17-16(10-14)20-12-25-17/h8-10,12-13,15H,3-7,11H2,1-2H3/t13-/m1/s1. The molecule has 1 atom stereocenters. The second-order valence-corrected chi connectivity index (χ2v) is 7.60. The topological polar surface area (TPSA) is 59.5 Å². The van der Waals surface area contributed by atoms with Gasteiger partial charge in [0.15, 0.2) is 0 Å². The van der Waals surface area contributed by atoms with E-state index in [-0.39, 0.29) is 6.04 Å². The van der Waals surface area contributed by atoms with E-state index in [1.807, 2.05) is 23.7 Å². The van der Waals surface area contributed by atoms with Gasteiger partial charge in [0, 0.05) is 12.6 Å². The lowest BCUT2D eigenvalue weighted by Gasteiger charge is -2.36. The lowest BCUT2D eigenvalue weighted by atomic mass is 9.83. The highest BCUT2D eigenvalue weighted by Gasteiger charge is 2.32. The van der Waals surface area contributed by atoms with Crippen molar-refractivity contribution < 1.29 is 14.3 Å². The summed E-state index contributed by atoms with van der Waals surface area (Å²) in [5.74, 6) is -0.915. The molecule has 0 N–H and O–H groups in total. The van der Waals surface area contributed by atoms with Gasteiger partial charge >= 0.3 is 11.9 Å². The first-order chi connectivity index (χ1) is 12.1. The van der Waals surface area contributed by atoms with Crippen LogP contribution in [0.2, 0.25) is 0 Å². The molecule has 2 aromatic rings. The number of thiazole rings is 1. The summed E-state index contributed by atoms with van der Waals surface area (Å²) in [5.41, 5.74) is 3.73. The van der Waals surface area contributed by atoms with Crippen molar-refractivity contribution in [3.8, 4) is 0 Å². The molecule has 1 fully saturated rings. The van der Waals surface area contributed by atoms with E-state index < -0.39 is 11.9 Å². The summed E-state index contributed by atoms with van der Waals surface area (Å²) in [6, 6.07) is 6.04. The SMILES string of the molecule is COC(=O)C(=O)N(Cc1ccc2scnc2c1)[C@H](C)C1CCCCC1. The predicted octanol–water partition coefficient (Wildman–Crippen LogP) is 3.77. The number of rotatable bonds is 4. The van der Waals surface area contributed by atoms with Gasteiger partial charge in [0.1, 0.15) is 0 Å². The lowest BCUT2D eigenvalue weighted by molar-refractivity contribution is -0.160. The van der Waals surface area contributed by atoms with E-state index in [2.05, 4.69) is 16.6 Å². The van der Waals surface area contributed by atoms with Gasteiger partial charge in [0.2, 0.25) is 0 Å². The van der Waals surface area contributed by atoms with Crippen LogP contribution in [0.25, 0.3) is 10.2 Å². The number of nitrogens with zero attached hydrogens (tertiary/aromatic N) is 2. The zero-order chi connectivity index (χ0) is 17.8. The molecule has 1 aliphatic rings. The van der Waals surface area contributed by atoms with Crippen molar-refractivity contribution in [2.75, 3.05) is 7.11 Å². The molecule has 5 nitrogen and oxygen atoms in total. The van der Waals surface area contributed by atoms with Gasteiger partial charge in [-0.05, 0) is 43.4 Å². The summed E-state index contributed by atoms with van der Waals surface area (Å²) in [7, 11) is 1.25. The van der Waals surface area contributed by atoms with Gasteiger partial charge in [-0.25, -0.2) is 9.78 Å². The number of benzene rings is 1. The Balaban J connectivity index is 1.83. The molecule has 6 heteroatoms. The predicted molar refractivity (Wildman–Crippen MR) is 98.2 cm³/mol. The highest BCUT2D eigenvalue weighted by molar-refractivity contribution is 7.16. The van der Waals surface area contributed by atoms with Gasteiger partial charge in [-0.15, -0.1) is 11.3 Å². The van der Waals surface area contributed by atoms with Crippen LogP contribution in [0.5, 0.6) is 0 Å². The van der Waals surface area contributed by atoms with Gasteiger partial charge < -0.3 is 9.64 Å². The zero-order valence-corrected chi connectivity index (χ0v) is 15.6. The maximum atomic E-state index is 12.6. The number of carbonyl (C=O) groups is 2. The molecule has 0 radical (unpaired) electrons. The van der Waals surface area contributed by atoms with Gasteiger partial charge in [0.05, 0.1) is 22.8 Å². The molecule has 3 rings (SSSR count). The number of carbonyl (C=O) groups excluding carboxylic acids is 2. The van der Waals surface area contributed by atoms with Crippen molar-refractivity contribution >= 4 is 33.4 Å². The molecule has 25 heavy (non-hydrogen) atoms. The minimum absolute atomic E-state index is 0.0121. The summed E-state index contributed by atoms with van der Waals surface area (Å²) in [6.07, 6.45) is 5.86. The molecule has 0 unspecified atom stereocenters. The van der Waals surface area contributed by atoms with Crippen molar-refractivity contribution in [3.05, 3.63) is 29.3 Å². The molecule has 134 valence electrons. The van der Waals surface area contributed by atoms with Crippen LogP contribution in [0.1, 0.15) is 44.6 Å². The highest BCUT2D eigenvalue weighted by atomic mass is 32.1. The third kappa shape index (κ3) is 4.00. The second kappa shape index (κ2) is 7.95. The second-order valence-electron chi connectivity index (χ2n) is 6.72. The van der Waals surface area contributed by atoms with Crippen molar-refractivity contribution in [2.45, 2.75) is 51.6 Å². The zero-order valence-electron chi connectivity index (χ0n) is 14.7. The fourth-order valence-corrected chi connectivity index (χ4v) is 4.33. The van der Waals surface area contributed by atoms with Crippen LogP contribution in [0.4, 0.5) is 0 Å². The third-order valence-electron chi connectivity index (χ3n) is 5.19. The lowest BCUT2D eigenvalue weighted by Crippen LogP contribution is -2.46. The monoisotopic (exact) mass is 360 g/mol. The van der Waals surface area contributed by atoms with Crippen LogP contribution in [0.15, 0.2) is 23.7 Å².